The standard InChI is InChI=1S/C23H27FN6O/c1-27-9-11-29(12-10-27)18-5-3-16(4-6-18)19-13-20-21(23(31)28(2)15-25-20)22(26-19)30-8-7-17(24)14-30/h3-6,13,15,17H,7-12,14H2,1-2H3. The highest BCUT2D eigenvalue weighted by Crippen LogP contribution is 2.30. The van der Waals surface area contributed by atoms with Gasteiger partial charge in [-0.15, -0.1) is 0 Å². The van der Waals surface area contributed by atoms with Crippen LogP contribution < -0.4 is 15.4 Å². The minimum Gasteiger partial charge on any atom is -0.369 e. The van der Waals surface area contributed by atoms with Crippen molar-refractivity contribution in [2.75, 3.05) is 56.1 Å². The SMILES string of the molecule is CN1CCN(c2ccc(-c3cc4ncn(C)c(=O)c4c(N4CCC(F)C4)n3)cc2)CC1. The monoisotopic (exact) mass is 422 g/mol. The Bertz CT molecular complexity index is 1150. The second kappa shape index (κ2) is 7.92. The number of hydrogen-bond acceptors (Lipinski definition) is 6. The second-order valence-corrected chi connectivity index (χ2v) is 8.56. The molecule has 7 nitrogen and oxygen atoms in total. The van der Waals surface area contributed by atoms with Crippen LogP contribution in [0.4, 0.5) is 15.9 Å². The molecule has 1 aromatic carbocycles. The average molecular weight is 423 g/mol. The number of fused-ring (bicyclic) bond motifs is 1. The summed E-state index contributed by atoms with van der Waals surface area (Å²) in [5, 5.41) is 0.455. The molecule has 31 heavy (non-hydrogen) atoms. The average Bonchev–Trinajstić information content (AvgIpc) is 3.22. The molecular formula is C23H27FN6O. The van der Waals surface area contributed by atoms with Crippen LogP contribution in [0.3, 0.4) is 0 Å². The van der Waals surface area contributed by atoms with Gasteiger partial charge < -0.3 is 19.3 Å². The number of piperazine rings is 1. The number of aryl methyl sites for hydroxylation is 1. The number of hydrogen-bond donors (Lipinski definition) is 0. The molecule has 8 heteroatoms. The fourth-order valence-corrected chi connectivity index (χ4v) is 4.40. The summed E-state index contributed by atoms with van der Waals surface area (Å²) in [6.07, 6.45) is 1.08. The van der Waals surface area contributed by atoms with E-state index in [-0.39, 0.29) is 12.1 Å². The summed E-state index contributed by atoms with van der Waals surface area (Å²) < 4.78 is 15.4. The summed E-state index contributed by atoms with van der Waals surface area (Å²) in [4.78, 5) is 28.7. The van der Waals surface area contributed by atoms with Crippen molar-refractivity contribution in [1.29, 1.82) is 0 Å². The van der Waals surface area contributed by atoms with Crippen molar-refractivity contribution >= 4 is 22.4 Å². The highest BCUT2D eigenvalue weighted by Gasteiger charge is 2.26. The van der Waals surface area contributed by atoms with Gasteiger partial charge in [0.1, 0.15) is 17.4 Å². The topological polar surface area (TPSA) is 57.5 Å². The van der Waals surface area contributed by atoms with Crippen LogP contribution in [-0.2, 0) is 7.05 Å². The number of aromatic nitrogens is 3. The van der Waals surface area contributed by atoms with Crippen molar-refractivity contribution in [3.05, 3.63) is 47.0 Å². The summed E-state index contributed by atoms with van der Waals surface area (Å²) in [6.45, 7) is 4.95. The minimum absolute atomic E-state index is 0.160. The highest BCUT2D eigenvalue weighted by molar-refractivity contribution is 5.92. The maximum atomic E-state index is 13.9. The van der Waals surface area contributed by atoms with Crippen LogP contribution in [0.5, 0.6) is 0 Å². The fourth-order valence-electron chi connectivity index (χ4n) is 4.40. The number of alkyl halides is 1. The Morgan fingerprint density at radius 2 is 1.74 bits per heavy atom. The van der Waals surface area contributed by atoms with Crippen LogP contribution >= 0.6 is 0 Å². The first-order valence-electron chi connectivity index (χ1n) is 10.8. The zero-order valence-corrected chi connectivity index (χ0v) is 18.0. The van der Waals surface area contributed by atoms with Crippen LogP contribution in [0.15, 0.2) is 41.5 Å². The maximum absolute atomic E-state index is 13.9. The van der Waals surface area contributed by atoms with Crippen LogP contribution in [0, 0.1) is 0 Å². The van der Waals surface area contributed by atoms with E-state index in [9.17, 15) is 9.18 Å². The van der Waals surface area contributed by atoms with Gasteiger partial charge in [0.05, 0.1) is 24.1 Å². The van der Waals surface area contributed by atoms with Gasteiger partial charge in [0.2, 0.25) is 0 Å². The molecular weight excluding hydrogens is 395 g/mol. The first-order chi connectivity index (χ1) is 15.0. The van der Waals surface area contributed by atoms with E-state index in [1.807, 2.05) is 11.0 Å². The Morgan fingerprint density at radius 1 is 1.00 bits per heavy atom. The van der Waals surface area contributed by atoms with Gasteiger partial charge in [0.15, 0.2) is 0 Å². The Kier molecular flexibility index (Phi) is 5.09. The lowest BCUT2D eigenvalue weighted by atomic mass is 10.1. The molecule has 4 heterocycles. The molecule has 2 fully saturated rings. The van der Waals surface area contributed by atoms with E-state index < -0.39 is 6.17 Å². The van der Waals surface area contributed by atoms with E-state index in [0.29, 0.717) is 29.7 Å². The van der Waals surface area contributed by atoms with Gasteiger partial charge in [-0.1, -0.05) is 12.1 Å². The minimum atomic E-state index is -0.899. The number of halogens is 1. The Morgan fingerprint density at radius 3 is 2.42 bits per heavy atom. The smallest absolute Gasteiger partial charge is 0.264 e. The van der Waals surface area contributed by atoms with Crippen molar-refractivity contribution in [3.63, 3.8) is 0 Å². The van der Waals surface area contributed by atoms with Gasteiger partial charge in [-0.2, -0.15) is 0 Å². The molecule has 5 rings (SSSR count). The van der Waals surface area contributed by atoms with E-state index >= 15 is 0 Å². The summed E-state index contributed by atoms with van der Waals surface area (Å²) >= 11 is 0. The molecule has 2 aliphatic heterocycles. The predicted molar refractivity (Wildman–Crippen MR) is 122 cm³/mol. The number of benzene rings is 1. The molecule has 1 unspecified atom stereocenters. The van der Waals surface area contributed by atoms with Crippen molar-refractivity contribution in [1.82, 2.24) is 19.4 Å². The number of rotatable bonds is 3. The molecule has 0 N–H and O–H groups in total. The van der Waals surface area contributed by atoms with Crippen LogP contribution in [-0.4, -0.2) is 71.9 Å². The molecule has 162 valence electrons. The zero-order chi connectivity index (χ0) is 21.5. The first kappa shape index (κ1) is 19.9. The summed E-state index contributed by atoms with van der Waals surface area (Å²) in [6, 6.07) is 10.2. The fraction of sp³-hybridized carbons (Fsp3) is 0.435. The third kappa shape index (κ3) is 3.76. The Hall–Kier alpha value is -3.00. The van der Waals surface area contributed by atoms with Gasteiger partial charge in [0.25, 0.3) is 5.56 Å². The molecule has 0 spiro atoms. The lowest BCUT2D eigenvalue weighted by Gasteiger charge is -2.34. The third-order valence-corrected chi connectivity index (χ3v) is 6.35. The van der Waals surface area contributed by atoms with Crippen LogP contribution in [0.2, 0.25) is 0 Å². The van der Waals surface area contributed by atoms with Gasteiger partial charge in [0, 0.05) is 51.0 Å². The van der Waals surface area contributed by atoms with Gasteiger partial charge in [-0.3, -0.25) is 4.79 Å². The van der Waals surface area contributed by atoms with E-state index in [0.717, 1.165) is 37.4 Å². The molecule has 2 aliphatic rings. The largest absolute Gasteiger partial charge is 0.369 e. The molecule has 3 aromatic rings. The second-order valence-electron chi connectivity index (χ2n) is 8.56. The van der Waals surface area contributed by atoms with Crippen molar-refractivity contribution < 1.29 is 4.39 Å². The lowest BCUT2D eigenvalue weighted by molar-refractivity contribution is 0.313. The molecule has 1 atom stereocenters. The van der Waals surface area contributed by atoms with Crippen molar-refractivity contribution in [2.45, 2.75) is 12.6 Å². The molecule has 2 aromatic heterocycles. The molecule has 0 bridgehead atoms. The number of likely N-dealkylation sites (N-methyl/N-ethyl adjacent to an activating group) is 1. The van der Waals surface area contributed by atoms with Crippen LogP contribution in [0.1, 0.15) is 6.42 Å². The van der Waals surface area contributed by atoms with Gasteiger partial charge >= 0.3 is 0 Å². The lowest BCUT2D eigenvalue weighted by Crippen LogP contribution is -2.44. The molecule has 0 amide bonds. The number of pyridine rings is 1. The van der Waals surface area contributed by atoms with E-state index in [4.69, 9.17) is 4.98 Å². The molecule has 0 aliphatic carbocycles. The van der Waals surface area contributed by atoms with E-state index in [1.54, 1.807) is 7.05 Å². The third-order valence-electron chi connectivity index (χ3n) is 6.35. The predicted octanol–water partition coefficient (Wildman–Crippen LogP) is 2.30. The maximum Gasteiger partial charge on any atom is 0.264 e. The van der Waals surface area contributed by atoms with E-state index in [2.05, 4.69) is 46.1 Å². The number of nitrogens with zero attached hydrogens (tertiary/aromatic N) is 6. The molecule has 2 saturated heterocycles. The van der Waals surface area contributed by atoms with E-state index in [1.165, 1.54) is 16.6 Å². The number of anilines is 2. The zero-order valence-electron chi connectivity index (χ0n) is 18.0. The quantitative estimate of drug-likeness (QED) is 0.646. The van der Waals surface area contributed by atoms with Gasteiger partial charge in [-0.05, 0) is 31.7 Å². The Labute approximate surface area is 180 Å². The molecule has 0 saturated carbocycles. The van der Waals surface area contributed by atoms with Crippen LogP contribution in [0.25, 0.3) is 22.2 Å². The molecule has 0 radical (unpaired) electrons. The first-order valence-corrected chi connectivity index (χ1v) is 10.8. The highest BCUT2D eigenvalue weighted by atomic mass is 19.1. The van der Waals surface area contributed by atoms with Gasteiger partial charge in [-0.25, -0.2) is 14.4 Å². The Balaban J connectivity index is 1.54. The van der Waals surface area contributed by atoms with Crippen molar-refractivity contribution in [3.8, 4) is 11.3 Å². The summed E-state index contributed by atoms with van der Waals surface area (Å²) in [7, 11) is 3.82. The summed E-state index contributed by atoms with van der Waals surface area (Å²) in [5.74, 6) is 0.532. The normalized spacial score (nSPS) is 20.0. The summed E-state index contributed by atoms with van der Waals surface area (Å²) in [5.41, 5.74) is 3.33. The van der Waals surface area contributed by atoms with Crippen molar-refractivity contribution in [2.24, 2.45) is 7.05 Å².